The summed E-state index contributed by atoms with van der Waals surface area (Å²) in [5.41, 5.74) is 0. The maximum absolute atomic E-state index is 11.1. The number of aliphatic imine (C=N–C) groups is 2. The molecule has 0 aliphatic carbocycles. The van der Waals surface area contributed by atoms with E-state index in [1.54, 1.807) is 13.8 Å². The Morgan fingerprint density at radius 3 is 2.69 bits per heavy atom. The predicted molar refractivity (Wildman–Crippen MR) is 53.2 cm³/mol. The van der Waals surface area contributed by atoms with Crippen LogP contribution in [0.1, 0.15) is 13.8 Å². The minimum absolute atomic E-state index is 0.134. The summed E-state index contributed by atoms with van der Waals surface area (Å²) in [6.07, 6.45) is 1.53. The lowest BCUT2D eigenvalue weighted by Gasteiger charge is -1.99. The van der Waals surface area contributed by atoms with Crippen LogP contribution in [0.15, 0.2) is 21.2 Å². The molecule has 0 aromatic rings. The molecule has 5 heteroatoms. The second-order valence-corrected chi connectivity index (χ2v) is 2.31. The zero-order valence-electron chi connectivity index (χ0n) is 7.58. The molecule has 0 saturated heterocycles. The van der Waals surface area contributed by atoms with E-state index in [1.807, 2.05) is 0 Å². The summed E-state index contributed by atoms with van der Waals surface area (Å²) in [7, 11) is 0. The van der Waals surface area contributed by atoms with Crippen molar-refractivity contribution in [3.8, 4) is 0 Å². The Bertz CT molecular complexity index is 259. The maximum atomic E-state index is 11.1. The fourth-order valence-corrected chi connectivity index (χ4v) is 0.587. The zero-order chi connectivity index (χ0) is 10.3. The molecule has 0 bridgehead atoms. The minimum Gasteiger partial charge on any atom is -0.460 e. The predicted octanol–water partition coefficient (Wildman–Crippen LogP) is 1.75. The lowest BCUT2D eigenvalue weighted by molar-refractivity contribution is -0.135. The average Bonchev–Trinajstić information content (AvgIpc) is 2.14. The van der Waals surface area contributed by atoms with Crippen molar-refractivity contribution in [1.82, 2.24) is 0 Å². The number of hydrogen-bond donors (Lipinski definition) is 0. The molecule has 72 valence electrons. The first-order chi connectivity index (χ1) is 6.15. The van der Waals surface area contributed by atoms with Crippen molar-refractivity contribution in [2.24, 2.45) is 9.98 Å². The Hall–Kier alpha value is -1.16. The van der Waals surface area contributed by atoms with Gasteiger partial charge in [0.2, 0.25) is 5.84 Å². The third kappa shape index (κ3) is 4.42. The van der Waals surface area contributed by atoms with E-state index in [0.29, 0.717) is 0 Å². The third-order valence-electron chi connectivity index (χ3n) is 1.06. The van der Waals surface area contributed by atoms with E-state index in [4.69, 9.17) is 11.6 Å². The number of esters is 1. The molecule has 0 rings (SSSR count). The molecule has 0 fully saturated rings. The van der Waals surface area contributed by atoms with Gasteiger partial charge in [0.05, 0.1) is 6.61 Å². The van der Waals surface area contributed by atoms with Gasteiger partial charge in [0.15, 0.2) is 0 Å². The van der Waals surface area contributed by atoms with Gasteiger partial charge < -0.3 is 4.74 Å². The van der Waals surface area contributed by atoms with Crippen LogP contribution in [0, 0.1) is 0 Å². The Labute approximate surface area is 82.0 Å². The van der Waals surface area contributed by atoms with Crippen LogP contribution < -0.4 is 0 Å². The highest BCUT2D eigenvalue weighted by molar-refractivity contribution is 6.39. The molecular weight excluding hydrogens is 192 g/mol. The van der Waals surface area contributed by atoms with Gasteiger partial charge in [-0.3, -0.25) is 0 Å². The van der Waals surface area contributed by atoms with E-state index in [1.165, 1.54) is 6.08 Å². The first-order valence-electron chi connectivity index (χ1n) is 3.70. The molecule has 0 amide bonds. The van der Waals surface area contributed by atoms with Crippen molar-refractivity contribution < 1.29 is 9.53 Å². The first kappa shape index (κ1) is 11.8. The van der Waals surface area contributed by atoms with Gasteiger partial charge in [0.25, 0.3) is 0 Å². The van der Waals surface area contributed by atoms with Crippen LogP contribution in [0.4, 0.5) is 0 Å². The zero-order valence-corrected chi connectivity index (χ0v) is 8.34. The third-order valence-corrected chi connectivity index (χ3v) is 1.36. The van der Waals surface area contributed by atoms with Crippen LogP contribution in [0.3, 0.4) is 0 Å². The number of allylic oxidation sites excluding steroid dienone is 1. The molecule has 0 N–H and O–H groups in total. The molecule has 0 saturated carbocycles. The van der Waals surface area contributed by atoms with Crippen LogP contribution in [0.25, 0.3) is 0 Å². The van der Waals surface area contributed by atoms with Crippen LogP contribution >= 0.6 is 11.6 Å². The normalized spacial score (nSPS) is 12.5. The van der Waals surface area contributed by atoms with Gasteiger partial charge in [-0.2, -0.15) is 0 Å². The van der Waals surface area contributed by atoms with E-state index in [2.05, 4.69) is 21.4 Å². The van der Waals surface area contributed by atoms with Crippen LogP contribution in [-0.4, -0.2) is 25.1 Å². The van der Waals surface area contributed by atoms with Crippen LogP contribution in [-0.2, 0) is 9.53 Å². The van der Waals surface area contributed by atoms with Gasteiger partial charge in [0.1, 0.15) is 5.16 Å². The highest BCUT2D eigenvalue weighted by Crippen LogP contribution is 2.03. The molecule has 0 radical (unpaired) electrons. The van der Waals surface area contributed by atoms with E-state index < -0.39 is 5.97 Å². The van der Waals surface area contributed by atoms with E-state index in [-0.39, 0.29) is 17.6 Å². The molecular formula is C8H11ClN2O2. The summed E-state index contributed by atoms with van der Waals surface area (Å²) in [4.78, 5) is 18.1. The number of carbonyl (C=O) groups excluding carboxylic acids is 1. The second kappa shape index (κ2) is 6.37. The number of nitrogens with zero attached hydrogens (tertiary/aromatic N) is 2. The summed E-state index contributed by atoms with van der Waals surface area (Å²) in [6.45, 7) is 6.83. The van der Waals surface area contributed by atoms with E-state index in [0.717, 1.165) is 0 Å². The fourth-order valence-electron chi connectivity index (χ4n) is 0.507. The standard InChI is InChI=1S/C8H11ClN2O2/c1-4-6(9)11-7(10-3)8(12)13-5-2/h4H,3,5H2,1-2H3/b6-4-,11-7-. The number of carbonyl (C=O) groups is 1. The lowest BCUT2D eigenvalue weighted by Crippen LogP contribution is -2.15. The van der Waals surface area contributed by atoms with Gasteiger partial charge in [-0.05, 0) is 20.6 Å². The molecule has 4 nitrogen and oxygen atoms in total. The Balaban J connectivity index is 4.59. The van der Waals surface area contributed by atoms with Gasteiger partial charge >= 0.3 is 5.97 Å². The van der Waals surface area contributed by atoms with Gasteiger partial charge in [-0.15, -0.1) is 0 Å². The SMILES string of the molecule is C=N/C(=N\C(Cl)=C/C)C(=O)OCC. The average molecular weight is 203 g/mol. The summed E-state index contributed by atoms with van der Waals surface area (Å²) in [5, 5.41) is 0.176. The molecule has 13 heavy (non-hydrogen) atoms. The molecule has 0 aromatic carbocycles. The number of amidine groups is 1. The topological polar surface area (TPSA) is 51.0 Å². The number of hydrogen-bond acceptors (Lipinski definition) is 3. The Morgan fingerprint density at radius 1 is 1.69 bits per heavy atom. The van der Waals surface area contributed by atoms with Crippen molar-refractivity contribution in [1.29, 1.82) is 0 Å². The molecule has 0 atom stereocenters. The molecule has 0 aliphatic rings. The van der Waals surface area contributed by atoms with Gasteiger partial charge in [0, 0.05) is 0 Å². The monoisotopic (exact) mass is 202 g/mol. The van der Waals surface area contributed by atoms with E-state index >= 15 is 0 Å². The summed E-state index contributed by atoms with van der Waals surface area (Å²) in [5.74, 6) is -0.762. The van der Waals surface area contributed by atoms with Crippen molar-refractivity contribution in [3.05, 3.63) is 11.2 Å². The second-order valence-electron chi connectivity index (χ2n) is 1.93. The van der Waals surface area contributed by atoms with Crippen molar-refractivity contribution in [3.63, 3.8) is 0 Å². The Morgan fingerprint density at radius 2 is 2.31 bits per heavy atom. The number of rotatable bonds is 2. The molecule has 0 aliphatic heterocycles. The molecule has 0 aromatic heterocycles. The molecule has 0 spiro atoms. The first-order valence-corrected chi connectivity index (χ1v) is 4.07. The number of halogens is 1. The summed E-state index contributed by atoms with van der Waals surface area (Å²) in [6, 6.07) is 0. The van der Waals surface area contributed by atoms with Gasteiger partial charge in [-0.1, -0.05) is 17.7 Å². The van der Waals surface area contributed by atoms with Crippen molar-refractivity contribution in [2.45, 2.75) is 13.8 Å². The molecule has 0 unspecified atom stereocenters. The van der Waals surface area contributed by atoms with Gasteiger partial charge in [-0.25, -0.2) is 14.8 Å². The molecule has 0 heterocycles. The van der Waals surface area contributed by atoms with Crippen LogP contribution in [0.2, 0.25) is 0 Å². The van der Waals surface area contributed by atoms with Crippen molar-refractivity contribution in [2.75, 3.05) is 6.61 Å². The highest BCUT2D eigenvalue weighted by atomic mass is 35.5. The quantitative estimate of drug-likeness (QED) is 0.297. The smallest absolute Gasteiger partial charge is 0.376 e. The summed E-state index contributed by atoms with van der Waals surface area (Å²) >= 11 is 5.56. The summed E-state index contributed by atoms with van der Waals surface area (Å²) < 4.78 is 4.65. The Kier molecular flexibility index (Phi) is 5.80. The minimum atomic E-state index is -0.627. The maximum Gasteiger partial charge on any atom is 0.376 e. The van der Waals surface area contributed by atoms with Crippen molar-refractivity contribution >= 4 is 30.1 Å². The fraction of sp³-hybridized carbons (Fsp3) is 0.375. The largest absolute Gasteiger partial charge is 0.460 e. The number of ether oxygens (including phenoxy) is 1. The lowest BCUT2D eigenvalue weighted by atomic mass is 10.6. The highest BCUT2D eigenvalue weighted by Gasteiger charge is 2.09. The van der Waals surface area contributed by atoms with E-state index in [9.17, 15) is 4.79 Å². The van der Waals surface area contributed by atoms with Crippen LogP contribution in [0.5, 0.6) is 0 Å².